The van der Waals surface area contributed by atoms with Gasteiger partial charge in [0.2, 0.25) is 0 Å². The number of aryl methyl sites for hydroxylation is 1. The van der Waals surface area contributed by atoms with Gasteiger partial charge in [0, 0.05) is 6.20 Å². The smallest absolute Gasteiger partial charge is 0.263 e. The van der Waals surface area contributed by atoms with Gasteiger partial charge in [0.15, 0.2) is 0 Å². The van der Waals surface area contributed by atoms with Crippen molar-refractivity contribution >= 4 is 17.2 Å². The van der Waals surface area contributed by atoms with Crippen LogP contribution in [0, 0.1) is 12.8 Å². The summed E-state index contributed by atoms with van der Waals surface area (Å²) < 4.78 is 0. The minimum absolute atomic E-state index is 0.0473. The quantitative estimate of drug-likeness (QED) is 0.888. The third-order valence-corrected chi connectivity index (χ3v) is 5.27. The van der Waals surface area contributed by atoms with Crippen molar-refractivity contribution in [1.29, 1.82) is 0 Å². The summed E-state index contributed by atoms with van der Waals surface area (Å²) in [4.78, 5) is 21.8. The van der Waals surface area contributed by atoms with Gasteiger partial charge in [-0.05, 0) is 44.7 Å². The number of nitrogens with one attached hydrogen (secondary N) is 1. The Labute approximate surface area is 133 Å². The molecule has 0 radical (unpaired) electrons. The molecular formula is C16H19N3O2S. The topological polar surface area (TPSA) is 75.1 Å². The summed E-state index contributed by atoms with van der Waals surface area (Å²) in [5.41, 5.74) is 0.916. The number of aromatic nitrogens is 2. The van der Waals surface area contributed by atoms with Gasteiger partial charge in [0.1, 0.15) is 9.88 Å². The number of hydrogen-bond acceptors (Lipinski definition) is 5. The molecule has 22 heavy (non-hydrogen) atoms. The van der Waals surface area contributed by atoms with E-state index < -0.39 is 5.54 Å². The maximum Gasteiger partial charge on any atom is 0.263 e. The van der Waals surface area contributed by atoms with Crippen molar-refractivity contribution in [2.24, 2.45) is 5.92 Å². The number of rotatable bonds is 5. The van der Waals surface area contributed by atoms with E-state index >= 15 is 0 Å². The number of nitrogens with zero attached hydrogens (tertiary/aromatic N) is 2. The number of amides is 1. The molecule has 1 saturated carbocycles. The van der Waals surface area contributed by atoms with Crippen LogP contribution in [-0.2, 0) is 0 Å². The minimum Gasteiger partial charge on any atom is -0.394 e. The second kappa shape index (κ2) is 5.78. The van der Waals surface area contributed by atoms with Crippen LogP contribution in [0.1, 0.15) is 35.1 Å². The zero-order valence-electron chi connectivity index (χ0n) is 12.7. The highest BCUT2D eigenvalue weighted by Gasteiger charge is 2.42. The highest BCUT2D eigenvalue weighted by molar-refractivity contribution is 7.17. The molecule has 0 saturated heterocycles. The van der Waals surface area contributed by atoms with Crippen LogP contribution in [0.2, 0.25) is 0 Å². The summed E-state index contributed by atoms with van der Waals surface area (Å²) in [6.07, 6.45) is 3.82. The zero-order valence-corrected chi connectivity index (χ0v) is 13.5. The fraction of sp³-hybridized carbons (Fsp3) is 0.438. The van der Waals surface area contributed by atoms with Crippen LogP contribution in [0.25, 0.3) is 10.7 Å². The summed E-state index contributed by atoms with van der Waals surface area (Å²) in [6, 6.07) is 5.62. The SMILES string of the molecule is Cc1nc(-c2ccccn2)sc1C(=O)NC(C)(CO)C1CC1. The molecule has 3 rings (SSSR count). The van der Waals surface area contributed by atoms with Gasteiger partial charge in [-0.2, -0.15) is 0 Å². The number of aliphatic hydroxyl groups excluding tert-OH is 1. The molecule has 5 nitrogen and oxygen atoms in total. The fourth-order valence-electron chi connectivity index (χ4n) is 2.51. The molecule has 0 aliphatic heterocycles. The van der Waals surface area contributed by atoms with Crippen LogP contribution >= 0.6 is 11.3 Å². The Morgan fingerprint density at radius 1 is 1.50 bits per heavy atom. The second-order valence-corrected chi connectivity index (χ2v) is 6.95. The molecule has 116 valence electrons. The Morgan fingerprint density at radius 2 is 2.27 bits per heavy atom. The summed E-state index contributed by atoms with van der Waals surface area (Å²) >= 11 is 1.34. The molecule has 0 aromatic carbocycles. The van der Waals surface area contributed by atoms with Gasteiger partial charge < -0.3 is 10.4 Å². The van der Waals surface area contributed by atoms with Crippen LogP contribution in [0.3, 0.4) is 0 Å². The number of carbonyl (C=O) groups excluding carboxylic acids is 1. The minimum atomic E-state index is -0.543. The van der Waals surface area contributed by atoms with Crippen molar-refractivity contribution in [2.45, 2.75) is 32.2 Å². The first-order valence-corrected chi connectivity index (χ1v) is 8.17. The molecule has 1 atom stereocenters. The van der Waals surface area contributed by atoms with Gasteiger partial charge in [-0.25, -0.2) is 4.98 Å². The van der Waals surface area contributed by atoms with E-state index in [9.17, 15) is 9.90 Å². The van der Waals surface area contributed by atoms with E-state index in [0.29, 0.717) is 16.5 Å². The van der Waals surface area contributed by atoms with Gasteiger partial charge in [0.25, 0.3) is 5.91 Å². The van der Waals surface area contributed by atoms with Gasteiger partial charge in [-0.3, -0.25) is 9.78 Å². The normalized spacial score (nSPS) is 17.0. The highest BCUT2D eigenvalue weighted by atomic mass is 32.1. The van der Waals surface area contributed by atoms with Crippen LogP contribution in [0.4, 0.5) is 0 Å². The van der Waals surface area contributed by atoms with Crippen molar-refractivity contribution in [2.75, 3.05) is 6.61 Å². The molecule has 2 aromatic heterocycles. The number of carbonyl (C=O) groups is 1. The summed E-state index contributed by atoms with van der Waals surface area (Å²) in [6.45, 7) is 3.68. The molecule has 1 unspecified atom stereocenters. The lowest BCUT2D eigenvalue weighted by atomic mass is 9.97. The van der Waals surface area contributed by atoms with Crippen molar-refractivity contribution < 1.29 is 9.90 Å². The van der Waals surface area contributed by atoms with Gasteiger partial charge in [-0.15, -0.1) is 11.3 Å². The molecule has 1 aliphatic rings. The van der Waals surface area contributed by atoms with E-state index in [0.717, 1.165) is 23.5 Å². The number of aliphatic hydroxyl groups is 1. The first-order valence-electron chi connectivity index (χ1n) is 7.36. The molecule has 2 heterocycles. The predicted molar refractivity (Wildman–Crippen MR) is 85.8 cm³/mol. The molecule has 0 spiro atoms. The second-order valence-electron chi connectivity index (χ2n) is 5.95. The molecule has 1 amide bonds. The van der Waals surface area contributed by atoms with E-state index in [4.69, 9.17) is 0 Å². The summed E-state index contributed by atoms with van der Waals surface area (Å²) in [7, 11) is 0. The lowest BCUT2D eigenvalue weighted by Crippen LogP contribution is -2.50. The van der Waals surface area contributed by atoms with Crippen LogP contribution in [-0.4, -0.2) is 33.1 Å². The maximum atomic E-state index is 12.5. The number of thiazole rings is 1. The Balaban J connectivity index is 1.83. The Hall–Kier alpha value is -1.79. The number of hydrogen-bond donors (Lipinski definition) is 2. The van der Waals surface area contributed by atoms with E-state index in [1.807, 2.05) is 32.0 Å². The third-order valence-electron chi connectivity index (χ3n) is 4.09. The van der Waals surface area contributed by atoms with Crippen molar-refractivity contribution in [1.82, 2.24) is 15.3 Å². The molecular weight excluding hydrogens is 298 g/mol. The summed E-state index contributed by atoms with van der Waals surface area (Å²) in [5, 5.41) is 13.3. The average Bonchev–Trinajstić information content (AvgIpc) is 3.31. The van der Waals surface area contributed by atoms with Gasteiger partial charge in [-0.1, -0.05) is 6.07 Å². The molecule has 6 heteroatoms. The highest BCUT2D eigenvalue weighted by Crippen LogP contribution is 2.39. The predicted octanol–water partition coefficient (Wildman–Crippen LogP) is 2.40. The molecule has 1 fully saturated rings. The Bertz CT molecular complexity index is 682. The van der Waals surface area contributed by atoms with E-state index in [1.165, 1.54) is 11.3 Å². The van der Waals surface area contributed by atoms with Crippen molar-refractivity contribution in [3.63, 3.8) is 0 Å². The Morgan fingerprint density at radius 3 is 2.86 bits per heavy atom. The lowest BCUT2D eigenvalue weighted by molar-refractivity contribution is 0.0828. The summed E-state index contributed by atoms with van der Waals surface area (Å²) in [5.74, 6) is 0.200. The monoisotopic (exact) mass is 317 g/mol. The third kappa shape index (κ3) is 2.89. The van der Waals surface area contributed by atoms with Crippen molar-refractivity contribution in [3.05, 3.63) is 35.0 Å². The first kappa shape index (κ1) is 15.1. The lowest BCUT2D eigenvalue weighted by Gasteiger charge is -2.28. The largest absolute Gasteiger partial charge is 0.394 e. The number of pyridine rings is 1. The average molecular weight is 317 g/mol. The molecule has 2 N–H and O–H groups in total. The van der Waals surface area contributed by atoms with Crippen molar-refractivity contribution in [3.8, 4) is 10.7 Å². The first-order chi connectivity index (χ1) is 10.5. The Kier molecular flexibility index (Phi) is 3.97. The van der Waals surface area contributed by atoms with Gasteiger partial charge >= 0.3 is 0 Å². The molecule has 1 aliphatic carbocycles. The van der Waals surface area contributed by atoms with E-state index in [-0.39, 0.29) is 12.5 Å². The maximum absolute atomic E-state index is 12.5. The van der Waals surface area contributed by atoms with Crippen LogP contribution in [0.5, 0.6) is 0 Å². The zero-order chi connectivity index (χ0) is 15.7. The van der Waals surface area contributed by atoms with Crippen LogP contribution < -0.4 is 5.32 Å². The molecule has 2 aromatic rings. The fourth-order valence-corrected chi connectivity index (χ4v) is 3.45. The van der Waals surface area contributed by atoms with E-state index in [1.54, 1.807) is 6.20 Å². The van der Waals surface area contributed by atoms with Crippen LogP contribution in [0.15, 0.2) is 24.4 Å². The van der Waals surface area contributed by atoms with E-state index in [2.05, 4.69) is 15.3 Å². The standard InChI is InChI=1S/C16H19N3O2S/c1-10-13(14(21)19-16(2,9-20)11-6-7-11)22-15(18-10)12-5-3-4-8-17-12/h3-5,8,11,20H,6-7,9H2,1-2H3,(H,19,21). The van der Waals surface area contributed by atoms with Gasteiger partial charge in [0.05, 0.1) is 23.5 Å². The molecule has 0 bridgehead atoms.